The highest BCUT2D eigenvalue weighted by molar-refractivity contribution is 9.10. The molecule has 0 fully saturated rings. The Kier molecular flexibility index (Phi) is 5.84. The summed E-state index contributed by atoms with van der Waals surface area (Å²) in [6.07, 6.45) is 0. The van der Waals surface area contributed by atoms with Crippen LogP contribution in [0.4, 0.5) is 5.69 Å². The molecule has 0 spiro atoms. The summed E-state index contributed by atoms with van der Waals surface area (Å²) < 4.78 is 6.67. The van der Waals surface area contributed by atoms with Crippen LogP contribution >= 0.6 is 27.5 Å². The van der Waals surface area contributed by atoms with E-state index in [1.165, 1.54) is 0 Å². The molecule has 0 atom stereocenters. The molecule has 4 rings (SSSR count). The molecule has 1 heterocycles. The molecule has 1 amide bonds. The van der Waals surface area contributed by atoms with Crippen molar-refractivity contribution in [2.24, 2.45) is 0 Å². The van der Waals surface area contributed by atoms with Crippen LogP contribution in [-0.2, 0) is 0 Å². The van der Waals surface area contributed by atoms with E-state index in [0.717, 1.165) is 10.0 Å². The molecule has 148 valence electrons. The van der Waals surface area contributed by atoms with Gasteiger partial charge in [-0.1, -0.05) is 70.0 Å². The van der Waals surface area contributed by atoms with Crippen LogP contribution in [0.1, 0.15) is 26.5 Å². The van der Waals surface area contributed by atoms with Crippen molar-refractivity contribution in [1.82, 2.24) is 0 Å². The lowest BCUT2D eigenvalue weighted by Crippen LogP contribution is -2.14. The average Bonchev–Trinajstić information content (AvgIpc) is 3.26. The van der Waals surface area contributed by atoms with Gasteiger partial charge in [0, 0.05) is 26.2 Å². The van der Waals surface area contributed by atoms with Crippen LogP contribution in [0.3, 0.4) is 0 Å². The van der Waals surface area contributed by atoms with E-state index in [9.17, 15) is 9.59 Å². The maximum atomic E-state index is 12.9. The fraction of sp³-hybridized carbons (Fsp3) is 0. The Morgan fingerprint density at radius 2 is 1.60 bits per heavy atom. The van der Waals surface area contributed by atoms with Crippen LogP contribution in [0.2, 0.25) is 5.02 Å². The fourth-order valence-corrected chi connectivity index (χ4v) is 3.41. The molecule has 0 saturated carbocycles. The molecule has 3 aromatic carbocycles. The lowest BCUT2D eigenvalue weighted by molar-refractivity contribution is 0.0997. The summed E-state index contributed by atoms with van der Waals surface area (Å²) in [6.45, 7) is 0. The standard InChI is InChI=1S/C24H15BrClNO3/c25-17-8-6-15(7-9-17)21-12-13-22(30-21)24(29)27-20-11-10-18(26)14-19(20)23(28)16-4-2-1-3-5-16/h1-14H,(H,27,29). The molecule has 1 N–H and O–H groups in total. The predicted molar refractivity (Wildman–Crippen MR) is 121 cm³/mol. The Labute approximate surface area is 186 Å². The Morgan fingerprint density at radius 3 is 2.33 bits per heavy atom. The van der Waals surface area contributed by atoms with Gasteiger partial charge >= 0.3 is 0 Å². The van der Waals surface area contributed by atoms with Crippen LogP contribution in [0.15, 0.2) is 93.8 Å². The van der Waals surface area contributed by atoms with Gasteiger partial charge in [0.15, 0.2) is 11.5 Å². The molecule has 0 unspecified atom stereocenters. The van der Waals surface area contributed by atoms with Gasteiger partial charge in [0.25, 0.3) is 5.91 Å². The van der Waals surface area contributed by atoms with Crippen LogP contribution in [-0.4, -0.2) is 11.7 Å². The average molecular weight is 481 g/mol. The van der Waals surface area contributed by atoms with E-state index in [4.69, 9.17) is 16.0 Å². The van der Waals surface area contributed by atoms with Crippen LogP contribution < -0.4 is 5.32 Å². The lowest BCUT2D eigenvalue weighted by atomic mass is 10.0. The highest BCUT2D eigenvalue weighted by Gasteiger charge is 2.18. The largest absolute Gasteiger partial charge is 0.451 e. The first-order valence-electron chi connectivity index (χ1n) is 9.08. The summed E-state index contributed by atoms with van der Waals surface area (Å²) >= 11 is 9.49. The number of rotatable bonds is 5. The van der Waals surface area contributed by atoms with Crippen molar-refractivity contribution in [1.29, 1.82) is 0 Å². The summed E-state index contributed by atoms with van der Waals surface area (Å²) in [4.78, 5) is 25.7. The normalized spacial score (nSPS) is 10.6. The number of hydrogen-bond donors (Lipinski definition) is 1. The maximum Gasteiger partial charge on any atom is 0.291 e. The number of carbonyl (C=O) groups is 2. The molecule has 0 aliphatic heterocycles. The van der Waals surface area contributed by atoms with E-state index in [1.54, 1.807) is 54.6 Å². The highest BCUT2D eigenvalue weighted by atomic mass is 79.9. The smallest absolute Gasteiger partial charge is 0.291 e. The second-order valence-corrected chi connectivity index (χ2v) is 7.86. The molecule has 6 heteroatoms. The summed E-state index contributed by atoms with van der Waals surface area (Å²) in [7, 11) is 0. The molecule has 4 nitrogen and oxygen atoms in total. The van der Waals surface area contributed by atoms with Crippen LogP contribution in [0.25, 0.3) is 11.3 Å². The number of anilines is 1. The number of ketones is 1. The van der Waals surface area contributed by atoms with Crippen molar-refractivity contribution in [2.75, 3.05) is 5.32 Å². The predicted octanol–water partition coefficient (Wildman–Crippen LogP) is 6.85. The number of benzene rings is 3. The van der Waals surface area contributed by atoms with E-state index in [1.807, 2.05) is 30.3 Å². The zero-order chi connectivity index (χ0) is 21.1. The van der Waals surface area contributed by atoms with E-state index >= 15 is 0 Å². The second-order valence-electron chi connectivity index (χ2n) is 6.51. The summed E-state index contributed by atoms with van der Waals surface area (Å²) in [5.41, 5.74) is 2.02. The molecule has 0 aliphatic rings. The molecule has 30 heavy (non-hydrogen) atoms. The minimum atomic E-state index is -0.456. The summed E-state index contributed by atoms with van der Waals surface area (Å²) in [6, 6.07) is 24.5. The van der Waals surface area contributed by atoms with Crippen LogP contribution in [0, 0.1) is 0 Å². The van der Waals surface area contributed by atoms with E-state index in [2.05, 4.69) is 21.2 Å². The first-order chi connectivity index (χ1) is 14.5. The van der Waals surface area contributed by atoms with Crippen molar-refractivity contribution >= 4 is 44.9 Å². The van der Waals surface area contributed by atoms with Gasteiger partial charge in [-0.15, -0.1) is 0 Å². The molecule has 4 aromatic rings. The Hall–Kier alpha value is -3.15. The van der Waals surface area contributed by atoms with Gasteiger partial charge in [-0.25, -0.2) is 0 Å². The molecular weight excluding hydrogens is 466 g/mol. The van der Waals surface area contributed by atoms with Gasteiger partial charge in [-0.2, -0.15) is 0 Å². The highest BCUT2D eigenvalue weighted by Crippen LogP contribution is 2.27. The van der Waals surface area contributed by atoms with Gasteiger partial charge in [0.1, 0.15) is 5.76 Å². The summed E-state index contributed by atoms with van der Waals surface area (Å²) in [5.74, 6) is 0.0245. The molecule has 0 bridgehead atoms. The zero-order valence-corrected chi connectivity index (χ0v) is 17.9. The van der Waals surface area contributed by atoms with Gasteiger partial charge < -0.3 is 9.73 Å². The van der Waals surface area contributed by atoms with Gasteiger partial charge in [0.2, 0.25) is 0 Å². The quantitative estimate of drug-likeness (QED) is 0.318. The van der Waals surface area contributed by atoms with Crippen molar-refractivity contribution in [3.8, 4) is 11.3 Å². The topological polar surface area (TPSA) is 59.3 Å². The van der Waals surface area contributed by atoms with E-state index in [0.29, 0.717) is 27.6 Å². The Balaban J connectivity index is 1.60. The lowest BCUT2D eigenvalue weighted by Gasteiger charge is -2.10. The van der Waals surface area contributed by atoms with Gasteiger partial charge in [-0.3, -0.25) is 9.59 Å². The van der Waals surface area contributed by atoms with Crippen molar-refractivity contribution in [2.45, 2.75) is 0 Å². The molecule has 0 aliphatic carbocycles. The zero-order valence-electron chi connectivity index (χ0n) is 15.6. The van der Waals surface area contributed by atoms with Gasteiger partial charge in [0.05, 0.1) is 5.69 Å². The Morgan fingerprint density at radius 1 is 0.867 bits per heavy atom. The SMILES string of the molecule is O=C(Nc1ccc(Cl)cc1C(=O)c1ccccc1)c1ccc(-c2ccc(Br)cc2)o1. The molecular formula is C24H15BrClNO3. The maximum absolute atomic E-state index is 12.9. The molecule has 0 saturated heterocycles. The minimum absolute atomic E-state index is 0.140. The van der Waals surface area contributed by atoms with Crippen molar-refractivity contribution < 1.29 is 14.0 Å². The number of amides is 1. The van der Waals surface area contributed by atoms with Crippen molar-refractivity contribution in [3.63, 3.8) is 0 Å². The van der Waals surface area contributed by atoms with E-state index < -0.39 is 5.91 Å². The molecule has 1 aromatic heterocycles. The third kappa shape index (κ3) is 4.37. The molecule has 0 radical (unpaired) electrons. The number of nitrogens with one attached hydrogen (secondary N) is 1. The monoisotopic (exact) mass is 479 g/mol. The first-order valence-corrected chi connectivity index (χ1v) is 10.2. The fourth-order valence-electron chi connectivity index (χ4n) is 2.97. The number of furan rings is 1. The van der Waals surface area contributed by atoms with Crippen LogP contribution in [0.5, 0.6) is 0 Å². The third-order valence-electron chi connectivity index (χ3n) is 4.47. The Bertz CT molecular complexity index is 1220. The number of carbonyl (C=O) groups excluding carboxylic acids is 2. The van der Waals surface area contributed by atoms with E-state index in [-0.39, 0.29) is 11.5 Å². The third-order valence-corrected chi connectivity index (χ3v) is 5.23. The summed E-state index contributed by atoms with van der Waals surface area (Å²) in [5, 5.41) is 3.16. The first kappa shape index (κ1) is 20.1. The number of halogens is 2. The number of hydrogen-bond acceptors (Lipinski definition) is 3. The van der Waals surface area contributed by atoms with Gasteiger partial charge in [-0.05, 0) is 42.5 Å². The van der Waals surface area contributed by atoms with Crippen molar-refractivity contribution in [3.05, 3.63) is 111 Å². The minimum Gasteiger partial charge on any atom is -0.451 e. The second kappa shape index (κ2) is 8.69.